The van der Waals surface area contributed by atoms with Crippen LogP contribution in [-0.2, 0) is 17.0 Å². The molecule has 0 aliphatic carbocycles. The third kappa shape index (κ3) is 6.57. The molecule has 2 aromatic carbocycles. The predicted octanol–water partition coefficient (Wildman–Crippen LogP) is 4.49. The van der Waals surface area contributed by atoms with Crippen LogP contribution in [0.1, 0.15) is 11.1 Å². The highest BCUT2D eigenvalue weighted by molar-refractivity contribution is 7.99. The Hall–Kier alpha value is -1.76. The Labute approximate surface area is 159 Å². The number of halogens is 2. The number of non-ortho nitro benzene ring substituents is 1. The van der Waals surface area contributed by atoms with Gasteiger partial charge >= 0.3 is 0 Å². The second kappa shape index (κ2) is 9.65. The van der Waals surface area contributed by atoms with Crippen LogP contribution in [-0.4, -0.2) is 23.1 Å². The molecule has 5 nitrogen and oxygen atoms in total. The highest BCUT2D eigenvalue weighted by Gasteiger charge is 2.06. The van der Waals surface area contributed by atoms with Gasteiger partial charge in [-0.15, -0.1) is 11.8 Å². The Morgan fingerprint density at radius 3 is 2.52 bits per heavy atom. The molecule has 0 aromatic heterocycles. The van der Waals surface area contributed by atoms with Crippen molar-refractivity contribution in [2.24, 2.45) is 0 Å². The maximum Gasteiger partial charge on any atom is 0.269 e. The average molecular weight is 399 g/mol. The number of hydrogen-bond donors (Lipinski definition) is 1. The van der Waals surface area contributed by atoms with E-state index in [0.717, 1.165) is 11.1 Å². The van der Waals surface area contributed by atoms with Gasteiger partial charge in [-0.3, -0.25) is 14.9 Å². The molecule has 0 saturated carbocycles. The van der Waals surface area contributed by atoms with Crippen LogP contribution in [0, 0.1) is 10.1 Å². The minimum atomic E-state index is -0.433. The smallest absolute Gasteiger partial charge is 0.269 e. The lowest BCUT2D eigenvalue weighted by atomic mass is 10.1. The monoisotopic (exact) mass is 398 g/mol. The number of benzene rings is 2. The van der Waals surface area contributed by atoms with E-state index in [0.29, 0.717) is 34.5 Å². The lowest BCUT2D eigenvalue weighted by molar-refractivity contribution is -0.384. The zero-order chi connectivity index (χ0) is 18.2. The number of rotatable bonds is 8. The summed E-state index contributed by atoms with van der Waals surface area (Å²) in [5, 5.41) is 14.6. The van der Waals surface area contributed by atoms with E-state index in [2.05, 4.69) is 5.32 Å². The van der Waals surface area contributed by atoms with Crippen molar-refractivity contribution in [2.75, 3.05) is 12.3 Å². The molecule has 8 heteroatoms. The molecule has 0 aliphatic rings. The van der Waals surface area contributed by atoms with Crippen LogP contribution in [0.5, 0.6) is 0 Å². The van der Waals surface area contributed by atoms with Crippen molar-refractivity contribution in [3.05, 3.63) is 73.8 Å². The van der Waals surface area contributed by atoms with E-state index >= 15 is 0 Å². The first kappa shape index (κ1) is 19.6. The van der Waals surface area contributed by atoms with Crippen molar-refractivity contribution in [3.63, 3.8) is 0 Å². The zero-order valence-corrected chi connectivity index (χ0v) is 15.5. The molecule has 0 saturated heterocycles. The lowest BCUT2D eigenvalue weighted by Crippen LogP contribution is -2.27. The van der Waals surface area contributed by atoms with Crippen molar-refractivity contribution in [2.45, 2.75) is 12.2 Å². The van der Waals surface area contributed by atoms with Gasteiger partial charge in [0, 0.05) is 34.5 Å². The van der Waals surface area contributed by atoms with E-state index in [9.17, 15) is 14.9 Å². The van der Waals surface area contributed by atoms with Crippen molar-refractivity contribution < 1.29 is 9.72 Å². The van der Waals surface area contributed by atoms with E-state index in [1.165, 1.54) is 23.9 Å². The van der Waals surface area contributed by atoms with Gasteiger partial charge in [-0.05, 0) is 29.7 Å². The van der Waals surface area contributed by atoms with Gasteiger partial charge in [0.25, 0.3) is 5.69 Å². The fourth-order valence-corrected chi connectivity index (χ4v) is 3.41. The first-order valence-electron chi connectivity index (χ1n) is 7.47. The van der Waals surface area contributed by atoms with E-state index in [4.69, 9.17) is 23.2 Å². The molecule has 1 amide bonds. The van der Waals surface area contributed by atoms with Crippen molar-refractivity contribution >= 4 is 46.6 Å². The van der Waals surface area contributed by atoms with Gasteiger partial charge in [0.1, 0.15) is 0 Å². The van der Waals surface area contributed by atoms with Crippen molar-refractivity contribution in [1.82, 2.24) is 5.32 Å². The molecule has 1 N–H and O–H groups in total. The third-order valence-corrected chi connectivity index (χ3v) is 4.97. The highest BCUT2D eigenvalue weighted by atomic mass is 35.5. The van der Waals surface area contributed by atoms with Gasteiger partial charge in [-0.25, -0.2) is 0 Å². The Morgan fingerprint density at radius 1 is 1.16 bits per heavy atom. The molecule has 0 atom stereocenters. The molecule has 2 rings (SSSR count). The number of hydrogen-bond acceptors (Lipinski definition) is 4. The molecule has 0 bridgehead atoms. The first-order valence-corrected chi connectivity index (χ1v) is 9.38. The summed E-state index contributed by atoms with van der Waals surface area (Å²) in [4.78, 5) is 22.0. The quantitative estimate of drug-likeness (QED) is 0.524. The third-order valence-electron chi connectivity index (χ3n) is 3.38. The fraction of sp³-hybridized carbons (Fsp3) is 0.235. The number of nitro groups is 1. The van der Waals surface area contributed by atoms with Gasteiger partial charge in [0.2, 0.25) is 5.91 Å². The van der Waals surface area contributed by atoms with Crippen LogP contribution < -0.4 is 5.32 Å². The normalized spacial score (nSPS) is 10.5. The van der Waals surface area contributed by atoms with Crippen LogP contribution in [0.25, 0.3) is 0 Å². The summed E-state index contributed by atoms with van der Waals surface area (Å²) in [6.45, 7) is 0.498. The maximum absolute atomic E-state index is 11.8. The molecule has 0 radical (unpaired) electrons. The molecule has 0 spiro atoms. The van der Waals surface area contributed by atoms with E-state index in [-0.39, 0.29) is 11.6 Å². The highest BCUT2D eigenvalue weighted by Crippen LogP contribution is 2.21. The summed E-state index contributed by atoms with van der Waals surface area (Å²) in [5.41, 5.74) is 1.94. The molecular weight excluding hydrogens is 383 g/mol. The summed E-state index contributed by atoms with van der Waals surface area (Å²) in [5.74, 6) is 0.886. The van der Waals surface area contributed by atoms with E-state index in [1.807, 2.05) is 6.07 Å². The van der Waals surface area contributed by atoms with Crippen molar-refractivity contribution in [1.29, 1.82) is 0 Å². The number of thioether (sulfide) groups is 1. The predicted molar refractivity (Wildman–Crippen MR) is 102 cm³/mol. The molecule has 0 aliphatic heterocycles. The number of nitro benzene ring substituents is 1. The maximum atomic E-state index is 11.8. The van der Waals surface area contributed by atoms with Crippen LogP contribution in [0.15, 0.2) is 42.5 Å². The Morgan fingerprint density at radius 2 is 1.88 bits per heavy atom. The fourth-order valence-electron chi connectivity index (χ4n) is 2.09. The summed E-state index contributed by atoms with van der Waals surface area (Å²) >= 11 is 13.4. The van der Waals surface area contributed by atoms with Crippen LogP contribution in [0.3, 0.4) is 0 Å². The molecule has 0 fully saturated rings. The number of carbonyl (C=O) groups is 1. The second-order valence-corrected chi connectivity index (χ2v) is 7.08. The Bertz CT molecular complexity index is 754. The summed E-state index contributed by atoms with van der Waals surface area (Å²) in [7, 11) is 0. The minimum Gasteiger partial charge on any atom is -0.355 e. The molecule has 0 heterocycles. The molecule has 0 unspecified atom stereocenters. The van der Waals surface area contributed by atoms with Crippen LogP contribution >= 0.6 is 35.0 Å². The molecule has 25 heavy (non-hydrogen) atoms. The topological polar surface area (TPSA) is 72.2 Å². The standard InChI is InChI=1S/C17H16Cl2N2O3S/c18-14-4-3-13(16(19)9-14)7-8-20-17(22)11-25-10-12-1-5-15(6-2-12)21(23)24/h1-6,9H,7-8,10-11H2,(H,20,22). The SMILES string of the molecule is O=C(CSCc1ccc([N+](=O)[O-])cc1)NCCc1ccc(Cl)cc1Cl. The van der Waals surface area contributed by atoms with Crippen LogP contribution in [0.2, 0.25) is 10.0 Å². The average Bonchev–Trinajstić information content (AvgIpc) is 2.57. The minimum absolute atomic E-state index is 0.0583. The number of nitrogens with zero attached hydrogens (tertiary/aromatic N) is 1. The molecular formula is C17H16Cl2N2O3S. The molecule has 132 valence electrons. The van der Waals surface area contributed by atoms with E-state index in [1.54, 1.807) is 24.3 Å². The first-order chi connectivity index (χ1) is 12.0. The van der Waals surface area contributed by atoms with Gasteiger partial charge in [0.05, 0.1) is 10.7 Å². The second-order valence-electron chi connectivity index (χ2n) is 5.25. The van der Waals surface area contributed by atoms with Crippen molar-refractivity contribution in [3.8, 4) is 0 Å². The Balaban J connectivity index is 1.67. The summed E-state index contributed by atoms with van der Waals surface area (Å²) in [6, 6.07) is 11.6. The number of carbonyl (C=O) groups excluding carboxylic acids is 1. The number of amides is 1. The van der Waals surface area contributed by atoms with Crippen LogP contribution in [0.4, 0.5) is 5.69 Å². The van der Waals surface area contributed by atoms with Gasteiger partial charge in [0.15, 0.2) is 0 Å². The van der Waals surface area contributed by atoms with E-state index < -0.39 is 4.92 Å². The van der Waals surface area contributed by atoms with Gasteiger partial charge in [-0.1, -0.05) is 41.4 Å². The summed E-state index contributed by atoms with van der Waals surface area (Å²) in [6.07, 6.45) is 0.634. The largest absolute Gasteiger partial charge is 0.355 e. The van der Waals surface area contributed by atoms with Gasteiger partial charge in [-0.2, -0.15) is 0 Å². The summed E-state index contributed by atoms with van der Waals surface area (Å²) < 4.78 is 0. The molecule has 2 aromatic rings. The zero-order valence-electron chi connectivity index (χ0n) is 13.2. The van der Waals surface area contributed by atoms with Gasteiger partial charge < -0.3 is 5.32 Å². The Kier molecular flexibility index (Phi) is 7.55. The lowest BCUT2D eigenvalue weighted by Gasteiger charge is -2.07. The number of nitrogens with one attached hydrogen (secondary N) is 1.